The quantitative estimate of drug-likeness (QED) is 0.410. The first-order valence-corrected chi connectivity index (χ1v) is 6.23. The van der Waals surface area contributed by atoms with Gasteiger partial charge in [-0.05, 0) is 31.1 Å². The van der Waals surface area contributed by atoms with Gasteiger partial charge in [-0.3, -0.25) is 0 Å². The van der Waals surface area contributed by atoms with Crippen LogP contribution < -0.4 is 0 Å². The first-order valence-electron chi connectivity index (χ1n) is 6.23. The number of hydrogen-bond acceptors (Lipinski definition) is 2. The maximum Gasteiger partial charge on any atom is 0.359 e. The Labute approximate surface area is 103 Å². The lowest BCUT2D eigenvalue weighted by Crippen LogP contribution is -2.06. The molecule has 1 heterocycles. The molecule has 0 fully saturated rings. The fourth-order valence-electron chi connectivity index (χ4n) is 1.60. The van der Waals surface area contributed by atoms with Crippen molar-refractivity contribution in [2.45, 2.75) is 39.0 Å². The normalized spacial score (nSPS) is 10.9. The second kappa shape index (κ2) is 7.71. The highest BCUT2D eigenvalue weighted by atomic mass is 16.5. The van der Waals surface area contributed by atoms with Gasteiger partial charge in [-0.25, -0.2) is 4.79 Å². The Balaban J connectivity index is 2.20. The highest BCUT2D eigenvalue weighted by molar-refractivity contribution is 5.88. The molecule has 0 saturated heterocycles. The van der Waals surface area contributed by atoms with E-state index >= 15 is 0 Å². The van der Waals surface area contributed by atoms with Gasteiger partial charge in [0, 0.05) is 13.2 Å². The monoisotopic (exact) mass is 235 g/mol. The van der Waals surface area contributed by atoms with Crippen LogP contribution in [0, 0.1) is 0 Å². The van der Waals surface area contributed by atoms with Gasteiger partial charge >= 0.3 is 5.97 Å². The molecule has 1 rings (SSSR count). The molecule has 0 radical (unpaired) electrons. The van der Waals surface area contributed by atoms with Crippen molar-refractivity contribution in [2.75, 3.05) is 0 Å². The van der Waals surface area contributed by atoms with Crippen LogP contribution in [0.5, 0.6) is 0 Å². The largest absolute Gasteiger partial charge is 0.430 e. The average Bonchev–Trinajstić information content (AvgIpc) is 2.74. The number of hydrogen-bond donors (Lipinski definition) is 0. The number of carbonyl (C=O) groups is 1. The Bertz CT molecular complexity index is 366. The Morgan fingerprint density at radius 1 is 1.41 bits per heavy atom. The lowest BCUT2D eigenvalue weighted by Gasteiger charge is -2.00. The van der Waals surface area contributed by atoms with Crippen LogP contribution in [-0.2, 0) is 11.8 Å². The number of ether oxygens (including phenoxy) is 1. The van der Waals surface area contributed by atoms with Crippen molar-refractivity contribution in [1.82, 2.24) is 4.57 Å². The van der Waals surface area contributed by atoms with E-state index in [1.807, 2.05) is 25.4 Å². The predicted molar refractivity (Wildman–Crippen MR) is 68.7 cm³/mol. The van der Waals surface area contributed by atoms with Gasteiger partial charge in [0.25, 0.3) is 0 Å². The summed E-state index contributed by atoms with van der Waals surface area (Å²) >= 11 is 0. The van der Waals surface area contributed by atoms with E-state index in [-0.39, 0.29) is 5.97 Å². The number of rotatable bonds is 7. The van der Waals surface area contributed by atoms with Gasteiger partial charge in [0.15, 0.2) is 0 Å². The van der Waals surface area contributed by atoms with Crippen LogP contribution in [0.4, 0.5) is 0 Å². The summed E-state index contributed by atoms with van der Waals surface area (Å²) in [6.45, 7) is 2.19. The van der Waals surface area contributed by atoms with Crippen molar-refractivity contribution in [1.29, 1.82) is 0 Å². The predicted octanol–water partition coefficient (Wildman–Crippen LogP) is 3.67. The summed E-state index contributed by atoms with van der Waals surface area (Å²) in [5.41, 5.74) is 0.570. The molecule has 94 valence electrons. The smallest absolute Gasteiger partial charge is 0.359 e. The van der Waals surface area contributed by atoms with Gasteiger partial charge in [0.1, 0.15) is 5.69 Å². The molecule has 17 heavy (non-hydrogen) atoms. The number of esters is 1. The van der Waals surface area contributed by atoms with Gasteiger partial charge in [-0.15, -0.1) is 0 Å². The van der Waals surface area contributed by atoms with E-state index in [4.69, 9.17) is 4.74 Å². The van der Waals surface area contributed by atoms with Gasteiger partial charge in [-0.1, -0.05) is 26.2 Å². The van der Waals surface area contributed by atoms with Crippen molar-refractivity contribution < 1.29 is 9.53 Å². The van der Waals surface area contributed by atoms with E-state index in [1.54, 1.807) is 10.6 Å². The molecule has 0 amide bonds. The molecule has 0 N–H and O–H groups in total. The van der Waals surface area contributed by atoms with Crippen LogP contribution >= 0.6 is 0 Å². The first-order chi connectivity index (χ1) is 8.25. The van der Waals surface area contributed by atoms with Crippen LogP contribution in [0.15, 0.2) is 30.7 Å². The van der Waals surface area contributed by atoms with Crippen molar-refractivity contribution in [3.8, 4) is 0 Å². The molecule has 1 aromatic rings. The first kappa shape index (κ1) is 13.6. The summed E-state index contributed by atoms with van der Waals surface area (Å²) in [6, 6.07) is 3.57. The molecular formula is C14H21NO2. The van der Waals surface area contributed by atoms with Crippen molar-refractivity contribution in [2.24, 2.45) is 7.05 Å². The van der Waals surface area contributed by atoms with E-state index in [1.165, 1.54) is 25.5 Å². The maximum absolute atomic E-state index is 11.6. The van der Waals surface area contributed by atoms with Crippen molar-refractivity contribution in [3.05, 3.63) is 36.4 Å². The van der Waals surface area contributed by atoms with Crippen LogP contribution in [0.25, 0.3) is 0 Å². The summed E-state index contributed by atoms with van der Waals surface area (Å²) in [5, 5.41) is 0. The van der Waals surface area contributed by atoms with Crippen LogP contribution in [0.3, 0.4) is 0 Å². The fraction of sp³-hybridized carbons (Fsp3) is 0.500. The van der Waals surface area contributed by atoms with Crippen molar-refractivity contribution >= 4 is 5.97 Å². The number of allylic oxidation sites excluding steroid dienone is 1. The molecule has 0 bridgehead atoms. The van der Waals surface area contributed by atoms with Crippen LogP contribution in [0.1, 0.15) is 49.5 Å². The number of aromatic nitrogens is 1. The molecule has 3 nitrogen and oxygen atoms in total. The van der Waals surface area contributed by atoms with E-state index in [2.05, 4.69) is 6.92 Å². The molecule has 1 aromatic heterocycles. The zero-order valence-corrected chi connectivity index (χ0v) is 10.7. The van der Waals surface area contributed by atoms with E-state index in [9.17, 15) is 4.79 Å². The summed E-state index contributed by atoms with van der Waals surface area (Å²) in [7, 11) is 1.82. The molecule has 0 spiro atoms. The molecule has 0 aliphatic rings. The summed E-state index contributed by atoms with van der Waals surface area (Å²) in [6.07, 6.45) is 11.1. The second-order valence-electron chi connectivity index (χ2n) is 4.13. The Morgan fingerprint density at radius 2 is 2.24 bits per heavy atom. The summed E-state index contributed by atoms with van der Waals surface area (Å²) < 4.78 is 6.78. The highest BCUT2D eigenvalue weighted by Gasteiger charge is 2.07. The third kappa shape index (κ3) is 4.89. The van der Waals surface area contributed by atoms with Gasteiger partial charge < -0.3 is 9.30 Å². The molecule has 3 heteroatoms. The molecule has 0 aliphatic heterocycles. The molecule has 0 saturated carbocycles. The van der Waals surface area contributed by atoms with Crippen molar-refractivity contribution in [3.63, 3.8) is 0 Å². The Hall–Kier alpha value is -1.51. The third-order valence-corrected chi connectivity index (χ3v) is 2.65. The van der Waals surface area contributed by atoms with Crippen LogP contribution in [-0.4, -0.2) is 10.5 Å². The van der Waals surface area contributed by atoms with Crippen LogP contribution in [0.2, 0.25) is 0 Å². The minimum Gasteiger partial charge on any atom is -0.430 e. The summed E-state index contributed by atoms with van der Waals surface area (Å²) in [4.78, 5) is 11.6. The lowest BCUT2D eigenvalue weighted by molar-refractivity contribution is 0.0652. The number of nitrogens with zero attached hydrogens (tertiary/aromatic N) is 1. The zero-order valence-electron chi connectivity index (χ0n) is 10.7. The molecule has 0 atom stereocenters. The Kier molecular flexibility index (Phi) is 6.15. The summed E-state index contributed by atoms with van der Waals surface area (Å²) in [5.74, 6) is -0.303. The van der Waals surface area contributed by atoms with Gasteiger partial charge in [-0.2, -0.15) is 0 Å². The minimum absolute atomic E-state index is 0.303. The Morgan fingerprint density at radius 3 is 2.88 bits per heavy atom. The van der Waals surface area contributed by atoms with E-state index < -0.39 is 0 Å². The molecule has 0 aliphatic carbocycles. The number of carbonyl (C=O) groups excluding carboxylic acids is 1. The number of aryl methyl sites for hydroxylation is 1. The molecular weight excluding hydrogens is 214 g/mol. The zero-order chi connectivity index (χ0) is 12.5. The molecule has 0 aromatic carbocycles. The third-order valence-electron chi connectivity index (χ3n) is 2.65. The second-order valence-corrected chi connectivity index (χ2v) is 4.13. The highest BCUT2D eigenvalue weighted by Crippen LogP contribution is 2.05. The standard InChI is InChI=1S/C14H21NO2/c1-3-4-5-6-7-8-12-17-14(16)13-10-9-11-15(13)2/h8-12H,3-7H2,1-2H3/b12-8-. The number of unbranched alkanes of at least 4 members (excludes halogenated alkanes) is 4. The van der Waals surface area contributed by atoms with E-state index in [0.29, 0.717) is 5.69 Å². The van der Waals surface area contributed by atoms with Gasteiger partial charge in [0.2, 0.25) is 0 Å². The van der Waals surface area contributed by atoms with Gasteiger partial charge in [0.05, 0.1) is 6.26 Å². The van der Waals surface area contributed by atoms with E-state index in [0.717, 1.165) is 12.8 Å². The average molecular weight is 235 g/mol. The topological polar surface area (TPSA) is 31.2 Å². The minimum atomic E-state index is -0.303. The maximum atomic E-state index is 11.6. The SMILES string of the molecule is CCCCCC/C=C\OC(=O)c1cccn1C. The lowest BCUT2D eigenvalue weighted by atomic mass is 10.1. The molecule has 0 unspecified atom stereocenters. The fourth-order valence-corrected chi connectivity index (χ4v) is 1.60.